The molecule has 2 N–H and O–H groups in total. The van der Waals surface area contributed by atoms with Crippen molar-refractivity contribution in [3.05, 3.63) is 47.5 Å². The molecule has 2 aromatic rings. The maximum Gasteiger partial charge on any atom is 0.191 e. The van der Waals surface area contributed by atoms with E-state index in [2.05, 4.69) is 63.9 Å². The van der Waals surface area contributed by atoms with Crippen molar-refractivity contribution in [2.45, 2.75) is 33.4 Å². The second-order valence-corrected chi connectivity index (χ2v) is 5.03. The van der Waals surface area contributed by atoms with E-state index in [1.807, 2.05) is 11.6 Å². The molecule has 0 aliphatic carbocycles. The van der Waals surface area contributed by atoms with E-state index in [1.54, 1.807) is 6.33 Å². The van der Waals surface area contributed by atoms with E-state index in [4.69, 9.17) is 0 Å². The van der Waals surface area contributed by atoms with Gasteiger partial charge in [0.25, 0.3) is 0 Å². The third kappa shape index (κ3) is 5.81. The number of benzene rings is 1. The normalized spacial score (nSPS) is 11.0. The van der Waals surface area contributed by atoms with Crippen molar-refractivity contribution in [3.8, 4) is 0 Å². The SMILES string of the molecule is CCNC(=NCc1ccccc1CC)NCc1nncn1C.I. The van der Waals surface area contributed by atoms with Gasteiger partial charge in [-0.15, -0.1) is 34.2 Å². The van der Waals surface area contributed by atoms with Crippen LogP contribution in [0, 0.1) is 0 Å². The molecule has 1 aromatic heterocycles. The lowest BCUT2D eigenvalue weighted by Crippen LogP contribution is -2.37. The first-order valence-corrected chi connectivity index (χ1v) is 7.66. The Balaban J connectivity index is 0.00000264. The Kier molecular flexibility index (Phi) is 8.60. The van der Waals surface area contributed by atoms with E-state index in [0.29, 0.717) is 13.1 Å². The van der Waals surface area contributed by atoms with E-state index in [9.17, 15) is 0 Å². The van der Waals surface area contributed by atoms with Gasteiger partial charge in [0.15, 0.2) is 11.8 Å². The number of aliphatic imine (C=N–C) groups is 1. The summed E-state index contributed by atoms with van der Waals surface area (Å²) in [6.07, 6.45) is 2.72. The number of aromatic nitrogens is 3. The summed E-state index contributed by atoms with van der Waals surface area (Å²) < 4.78 is 1.89. The van der Waals surface area contributed by atoms with Gasteiger partial charge in [-0.05, 0) is 24.5 Å². The molecule has 0 saturated carbocycles. The fourth-order valence-corrected chi connectivity index (χ4v) is 2.19. The minimum absolute atomic E-state index is 0. The molecule has 1 heterocycles. The number of aryl methyl sites for hydroxylation is 2. The molecule has 0 radical (unpaired) electrons. The Labute approximate surface area is 154 Å². The standard InChI is InChI=1S/C16H24N6.HI/c1-4-13-8-6-7-9-14(13)10-18-16(17-5-2)19-11-15-21-20-12-22(15)3;/h6-9,12H,4-5,10-11H2,1-3H3,(H2,17,18,19);1H. The molecule has 0 aliphatic rings. The highest BCUT2D eigenvalue weighted by Crippen LogP contribution is 2.10. The zero-order valence-corrected chi connectivity index (χ0v) is 16.2. The van der Waals surface area contributed by atoms with Crippen LogP contribution < -0.4 is 10.6 Å². The van der Waals surface area contributed by atoms with Crippen molar-refractivity contribution in [3.63, 3.8) is 0 Å². The predicted octanol–water partition coefficient (Wildman–Crippen LogP) is 2.25. The summed E-state index contributed by atoms with van der Waals surface area (Å²) >= 11 is 0. The van der Waals surface area contributed by atoms with Crippen molar-refractivity contribution in [2.75, 3.05) is 6.54 Å². The molecule has 0 aliphatic heterocycles. The quantitative estimate of drug-likeness (QED) is 0.421. The molecule has 6 nitrogen and oxygen atoms in total. The lowest BCUT2D eigenvalue weighted by molar-refractivity contribution is 0.726. The fourth-order valence-electron chi connectivity index (χ4n) is 2.19. The minimum Gasteiger partial charge on any atom is -0.357 e. The average molecular weight is 428 g/mol. The second-order valence-electron chi connectivity index (χ2n) is 5.03. The van der Waals surface area contributed by atoms with E-state index < -0.39 is 0 Å². The average Bonchev–Trinajstić information content (AvgIpc) is 2.95. The molecule has 0 spiro atoms. The Hall–Kier alpha value is -1.64. The number of nitrogens with zero attached hydrogens (tertiary/aromatic N) is 4. The van der Waals surface area contributed by atoms with Crippen LogP contribution in [0.15, 0.2) is 35.6 Å². The van der Waals surface area contributed by atoms with Gasteiger partial charge < -0.3 is 15.2 Å². The third-order valence-electron chi connectivity index (χ3n) is 3.47. The van der Waals surface area contributed by atoms with Crippen LogP contribution in [-0.2, 0) is 26.6 Å². The molecular weight excluding hydrogens is 403 g/mol. The Morgan fingerprint density at radius 3 is 2.52 bits per heavy atom. The van der Waals surface area contributed by atoms with Crippen LogP contribution in [0.3, 0.4) is 0 Å². The molecule has 1 aromatic carbocycles. The molecule has 0 amide bonds. The summed E-state index contributed by atoms with van der Waals surface area (Å²) in [5.41, 5.74) is 2.61. The van der Waals surface area contributed by atoms with Crippen LogP contribution in [0.2, 0.25) is 0 Å². The Bertz CT molecular complexity index is 623. The molecule has 0 saturated heterocycles. The van der Waals surface area contributed by atoms with Crippen molar-refractivity contribution in [2.24, 2.45) is 12.0 Å². The van der Waals surface area contributed by atoms with E-state index in [1.165, 1.54) is 11.1 Å². The first kappa shape index (κ1) is 19.4. The number of hydrogen-bond donors (Lipinski definition) is 2. The molecule has 0 bridgehead atoms. The van der Waals surface area contributed by atoms with Gasteiger partial charge in [0.1, 0.15) is 6.33 Å². The highest BCUT2D eigenvalue weighted by molar-refractivity contribution is 14.0. The topological polar surface area (TPSA) is 67.1 Å². The van der Waals surface area contributed by atoms with Crippen LogP contribution in [0.5, 0.6) is 0 Å². The van der Waals surface area contributed by atoms with Gasteiger partial charge in [0.2, 0.25) is 0 Å². The monoisotopic (exact) mass is 428 g/mol. The summed E-state index contributed by atoms with van der Waals surface area (Å²) in [4.78, 5) is 4.66. The molecule has 126 valence electrons. The van der Waals surface area contributed by atoms with Crippen LogP contribution in [0.4, 0.5) is 0 Å². The molecule has 23 heavy (non-hydrogen) atoms. The van der Waals surface area contributed by atoms with E-state index >= 15 is 0 Å². The highest BCUT2D eigenvalue weighted by Gasteiger charge is 2.04. The Morgan fingerprint density at radius 1 is 1.17 bits per heavy atom. The maximum absolute atomic E-state index is 4.66. The van der Waals surface area contributed by atoms with Gasteiger partial charge in [-0.2, -0.15) is 0 Å². The first-order chi connectivity index (χ1) is 10.7. The summed E-state index contributed by atoms with van der Waals surface area (Å²) in [7, 11) is 1.93. The van der Waals surface area contributed by atoms with Gasteiger partial charge in [0, 0.05) is 13.6 Å². The number of halogens is 1. The number of guanidine groups is 1. The molecule has 7 heteroatoms. The second kappa shape index (κ2) is 10.2. The molecule has 0 unspecified atom stereocenters. The van der Waals surface area contributed by atoms with Crippen molar-refractivity contribution in [1.29, 1.82) is 0 Å². The Morgan fingerprint density at radius 2 is 1.91 bits per heavy atom. The highest BCUT2D eigenvalue weighted by atomic mass is 127. The van der Waals surface area contributed by atoms with Crippen molar-refractivity contribution >= 4 is 29.9 Å². The summed E-state index contributed by atoms with van der Waals surface area (Å²) in [5.74, 6) is 1.66. The zero-order chi connectivity index (χ0) is 15.8. The predicted molar refractivity (Wildman–Crippen MR) is 104 cm³/mol. The summed E-state index contributed by atoms with van der Waals surface area (Å²) in [6.45, 7) is 6.30. The molecule has 0 fully saturated rings. The lowest BCUT2D eigenvalue weighted by Gasteiger charge is -2.11. The van der Waals surface area contributed by atoms with Crippen LogP contribution >= 0.6 is 24.0 Å². The first-order valence-electron chi connectivity index (χ1n) is 7.66. The van der Waals surface area contributed by atoms with Crippen LogP contribution in [-0.4, -0.2) is 27.3 Å². The van der Waals surface area contributed by atoms with Crippen molar-refractivity contribution < 1.29 is 0 Å². The number of hydrogen-bond acceptors (Lipinski definition) is 3. The van der Waals surface area contributed by atoms with Gasteiger partial charge in [-0.1, -0.05) is 31.2 Å². The molecule has 0 atom stereocenters. The smallest absolute Gasteiger partial charge is 0.191 e. The summed E-state index contributed by atoms with van der Waals surface area (Å²) in [5, 5.41) is 14.5. The summed E-state index contributed by atoms with van der Waals surface area (Å²) in [6, 6.07) is 8.42. The number of rotatable bonds is 6. The van der Waals surface area contributed by atoms with Gasteiger partial charge in [0.05, 0.1) is 13.1 Å². The molecule has 2 rings (SSSR count). The maximum atomic E-state index is 4.66. The van der Waals surface area contributed by atoms with Gasteiger partial charge in [-0.25, -0.2) is 4.99 Å². The van der Waals surface area contributed by atoms with Crippen molar-refractivity contribution in [1.82, 2.24) is 25.4 Å². The third-order valence-corrected chi connectivity index (χ3v) is 3.47. The van der Waals surface area contributed by atoms with Crippen LogP contribution in [0.1, 0.15) is 30.8 Å². The molecular formula is C16H25IN6. The zero-order valence-electron chi connectivity index (χ0n) is 13.9. The van der Waals surface area contributed by atoms with E-state index in [0.717, 1.165) is 24.7 Å². The van der Waals surface area contributed by atoms with Crippen LogP contribution in [0.25, 0.3) is 0 Å². The van der Waals surface area contributed by atoms with Gasteiger partial charge >= 0.3 is 0 Å². The fraction of sp³-hybridized carbons (Fsp3) is 0.438. The lowest BCUT2D eigenvalue weighted by atomic mass is 10.1. The van der Waals surface area contributed by atoms with E-state index in [-0.39, 0.29) is 24.0 Å². The van der Waals surface area contributed by atoms with Gasteiger partial charge in [-0.3, -0.25) is 0 Å². The minimum atomic E-state index is 0. The number of nitrogens with one attached hydrogen (secondary N) is 2. The largest absolute Gasteiger partial charge is 0.357 e.